The highest BCUT2D eigenvalue weighted by molar-refractivity contribution is 6.31. The summed E-state index contributed by atoms with van der Waals surface area (Å²) in [5, 5.41) is 10.9. The molecule has 2 amide bonds. The van der Waals surface area contributed by atoms with E-state index in [9.17, 15) is 9.59 Å². The van der Waals surface area contributed by atoms with E-state index in [4.69, 9.17) is 23.2 Å². The van der Waals surface area contributed by atoms with E-state index < -0.39 is 6.04 Å². The van der Waals surface area contributed by atoms with Gasteiger partial charge in [0.05, 0.1) is 0 Å². The van der Waals surface area contributed by atoms with Gasteiger partial charge in [-0.15, -0.1) is 0 Å². The number of amides is 2. The van der Waals surface area contributed by atoms with Crippen LogP contribution in [0.1, 0.15) is 29.9 Å². The highest BCUT2D eigenvalue weighted by Gasteiger charge is 2.21. The number of hydrogen-bond acceptors (Lipinski definition) is 3. The van der Waals surface area contributed by atoms with Gasteiger partial charge < -0.3 is 10.6 Å². The second-order valence-corrected chi connectivity index (χ2v) is 6.94. The summed E-state index contributed by atoms with van der Waals surface area (Å²) in [7, 11) is 0. The molecule has 1 atom stereocenters. The van der Waals surface area contributed by atoms with Crippen LogP contribution in [0.25, 0.3) is 0 Å². The van der Waals surface area contributed by atoms with Crippen molar-refractivity contribution in [1.82, 2.24) is 9.78 Å². The van der Waals surface area contributed by atoms with Crippen molar-refractivity contribution in [2.45, 2.75) is 19.4 Å². The monoisotopic (exact) mass is 416 g/mol. The van der Waals surface area contributed by atoms with Crippen molar-refractivity contribution in [2.75, 3.05) is 10.6 Å². The van der Waals surface area contributed by atoms with Crippen molar-refractivity contribution < 1.29 is 9.59 Å². The van der Waals surface area contributed by atoms with E-state index in [0.29, 0.717) is 27.8 Å². The number of anilines is 2. The minimum Gasteiger partial charge on any atom is -0.324 e. The van der Waals surface area contributed by atoms with E-state index in [1.54, 1.807) is 60.8 Å². The molecule has 1 unspecified atom stereocenters. The predicted octanol–water partition coefficient (Wildman–Crippen LogP) is 5.03. The summed E-state index contributed by atoms with van der Waals surface area (Å²) >= 11 is 11.9. The number of aromatic nitrogens is 2. The maximum absolute atomic E-state index is 12.6. The van der Waals surface area contributed by atoms with Crippen LogP contribution in [-0.4, -0.2) is 21.6 Å². The summed E-state index contributed by atoms with van der Waals surface area (Å²) in [5.74, 6) is -0.624. The molecule has 0 aliphatic carbocycles. The van der Waals surface area contributed by atoms with Gasteiger partial charge >= 0.3 is 0 Å². The van der Waals surface area contributed by atoms with E-state index in [0.717, 1.165) is 0 Å². The van der Waals surface area contributed by atoms with Gasteiger partial charge in [-0.25, -0.2) is 0 Å². The topological polar surface area (TPSA) is 76.0 Å². The van der Waals surface area contributed by atoms with Crippen LogP contribution in [-0.2, 0) is 4.79 Å². The number of carbonyl (C=O) groups excluding carboxylic acids is 2. The first-order valence-electron chi connectivity index (χ1n) is 8.64. The Morgan fingerprint density at radius 1 is 1.00 bits per heavy atom. The van der Waals surface area contributed by atoms with Gasteiger partial charge in [0.2, 0.25) is 5.91 Å². The van der Waals surface area contributed by atoms with Gasteiger partial charge in [0.25, 0.3) is 5.91 Å². The van der Waals surface area contributed by atoms with Gasteiger partial charge in [0, 0.05) is 27.6 Å². The normalized spacial score (nSPS) is 11.7. The number of rotatable bonds is 6. The molecule has 28 heavy (non-hydrogen) atoms. The average Bonchev–Trinajstić information content (AvgIpc) is 3.12. The molecule has 144 valence electrons. The third-order valence-electron chi connectivity index (χ3n) is 4.02. The highest BCUT2D eigenvalue weighted by Crippen LogP contribution is 2.19. The lowest BCUT2D eigenvalue weighted by molar-refractivity contribution is -0.119. The average molecular weight is 417 g/mol. The number of hydrogen-bond donors (Lipinski definition) is 2. The van der Waals surface area contributed by atoms with Crippen LogP contribution in [0, 0.1) is 0 Å². The Bertz CT molecular complexity index is 1000. The fourth-order valence-electron chi connectivity index (χ4n) is 2.68. The second kappa shape index (κ2) is 8.91. The van der Waals surface area contributed by atoms with Crippen molar-refractivity contribution in [1.29, 1.82) is 0 Å². The number of benzene rings is 2. The first-order chi connectivity index (χ1) is 13.5. The molecule has 2 aromatic carbocycles. The summed E-state index contributed by atoms with van der Waals surface area (Å²) in [5.41, 5.74) is 1.37. The summed E-state index contributed by atoms with van der Waals surface area (Å²) in [6.07, 6.45) is 2.11. The van der Waals surface area contributed by atoms with E-state index in [2.05, 4.69) is 15.7 Å². The molecule has 0 aliphatic rings. The van der Waals surface area contributed by atoms with Crippen LogP contribution < -0.4 is 10.6 Å². The van der Waals surface area contributed by atoms with Gasteiger partial charge in [-0.05, 0) is 48.9 Å². The van der Waals surface area contributed by atoms with Crippen LogP contribution in [0.5, 0.6) is 0 Å². The van der Waals surface area contributed by atoms with Crippen LogP contribution in [0.4, 0.5) is 11.4 Å². The van der Waals surface area contributed by atoms with Crippen molar-refractivity contribution in [2.24, 2.45) is 0 Å². The maximum atomic E-state index is 12.6. The molecule has 0 saturated heterocycles. The third kappa shape index (κ3) is 4.91. The van der Waals surface area contributed by atoms with Gasteiger partial charge in [0.1, 0.15) is 6.04 Å². The SMILES string of the molecule is CCC(C(=O)Nc1cccc(Cl)c1)n1ccc(C(=O)Nc2cccc(Cl)c2)n1. The number of carbonyl (C=O) groups is 2. The van der Waals surface area contributed by atoms with Crippen LogP contribution in [0.3, 0.4) is 0 Å². The first-order valence-corrected chi connectivity index (χ1v) is 9.40. The van der Waals surface area contributed by atoms with E-state index in [1.165, 1.54) is 4.68 Å². The van der Waals surface area contributed by atoms with Crippen molar-refractivity contribution in [3.8, 4) is 0 Å². The fraction of sp³-hybridized carbons (Fsp3) is 0.150. The summed E-state index contributed by atoms with van der Waals surface area (Å²) < 4.78 is 1.48. The Balaban J connectivity index is 1.71. The molecule has 3 rings (SSSR count). The Labute approximate surface area is 172 Å². The molecule has 0 spiro atoms. The zero-order chi connectivity index (χ0) is 20.1. The Hall–Kier alpha value is -2.83. The third-order valence-corrected chi connectivity index (χ3v) is 4.49. The van der Waals surface area contributed by atoms with Gasteiger partial charge in [-0.2, -0.15) is 5.10 Å². The van der Waals surface area contributed by atoms with Gasteiger partial charge in [-0.3, -0.25) is 14.3 Å². The van der Waals surface area contributed by atoms with E-state index in [-0.39, 0.29) is 17.5 Å². The molecule has 0 radical (unpaired) electrons. The molecule has 2 N–H and O–H groups in total. The molecule has 0 fully saturated rings. The molecule has 0 saturated carbocycles. The lowest BCUT2D eigenvalue weighted by atomic mass is 10.2. The number of nitrogens with zero attached hydrogens (tertiary/aromatic N) is 2. The van der Waals surface area contributed by atoms with Crippen molar-refractivity contribution in [3.05, 3.63) is 76.5 Å². The molecule has 6 nitrogen and oxygen atoms in total. The second-order valence-electron chi connectivity index (χ2n) is 6.07. The Morgan fingerprint density at radius 3 is 2.18 bits per heavy atom. The maximum Gasteiger partial charge on any atom is 0.276 e. The lowest BCUT2D eigenvalue weighted by Crippen LogP contribution is -2.26. The summed E-state index contributed by atoms with van der Waals surface area (Å²) in [4.78, 5) is 25.0. The van der Waals surface area contributed by atoms with Crippen molar-refractivity contribution >= 4 is 46.4 Å². The van der Waals surface area contributed by atoms with Crippen molar-refractivity contribution in [3.63, 3.8) is 0 Å². The van der Waals surface area contributed by atoms with E-state index >= 15 is 0 Å². The largest absolute Gasteiger partial charge is 0.324 e. The molecule has 1 heterocycles. The summed E-state index contributed by atoms with van der Waals surface area (Å²) in [6.45, 7) is 1.87. The molecule has 8 heteroatoms. The quantitative estimate of drug-likeness (QED) is 0.591. The molecule has 3 aromatic rings. The summed E-state index contributed by atoms with van der Waals surface area (Å²) in [6, 6.07) is 14.7. The number of nitrogens with one attached hydrogen (secondary N) is 2. The Morgan fingerprint density at radius 2 is 1.61 bits per heavy atom. The minimum atomic E-state index is -0.563. The molecular formula is C20H18Cl2N4O2. The standard InChI is InChI=1S/C20H18Cl2N4O2/c1-2-18(20(28)24-16-8-4-6-14(22)12-16)26-10-9-17(25-26)19(27)23-15-7-3-5-13(21)11-15/h3-12,18H,2H2,1H3,(H,23,27)(H,24,28). The smallest absolute Gasteiger partial charge is 0.276 e. The zero-order valence-corrected chi connectivity index (χ0v) is 16.5. The fourth-order valence-corrected chi connectivity index (χ4v) is 3.06. The molecule has 0 aliphatic heterocycles. The lowest BCUT2D eigenvalue weighted by Gasteiger charge is -2.15. The van der Waals surface area contributed by atoms with Gasteiger partial charge in [-0.1, -0.05) is 42.3 Å². The first kappa shape index (κ1) is 19.9. The molecule has 0 bridgehead atoms. The molecule has 1 aromatic heterocycles. The molecular weight excluding hydrogens is 399 g/mol. The van der Waals surface area contributed by atoms with Crippen LogP contribution >= 0.6 is 23.2 Å². The number of halogens is 2. The Kier molecular flexibility index (Phi) is 6.34. The highest BCUT2D eigenvalue weighted by atomic mass is 35.5. The van der Waals surface area contributed by atoms with Crippen LogP contribution in [0.15, 0.2) is 60.8 Å². The van der Waals surface area contributed by atoms with Crippen LogP contribution in [0.2, 0.25) is 10.0 Å². The van der Waals surface area contributed by atoms with Gasteiger partial charge in [0.15, 0.2) is 5.69 Å². The minimum absolute atomic E-state index is 0.203. The zero-order valence-electron chi connectivity index (χ0n) is 15.0. The van der Waals surface area contributed by atoms with E-state index in [1.807, 2.05) is 6.92 Å². The predicted molar refractivity (Wildman–Crippen MR) is 111 cm³/mol.